The highest BCUT2D eigenvalue weighted by Crippen LogP contribution is 2.43. The van der Waals surface area contributed by atoms with Gasteiger partial charge in [0.25, 0.3) is 0 Å². The average Bonchev–Trinajstić information content (AvgIpc) is 2.62. The molecule has 0 amide bonds. The predicted octanol–water partition coefficient (Wildman–Crippen LogP) is 6.30. The summed E-state index contributed by atoms with van der Waals surface area (Å²) < 4.78 is 47.5. The maximum Gasteiger partial charge on any atom is 0.148 e. The molecule has 34 heavy (non-hydrogen) atoms. The Labute approximate surface area is 215 Å². The largest absolute Gasteiger partial charge is 0.229 e. The second-order valence-corrected chi connectivity index (χ2v) is 17.3. The van der Waals surface area contributed by atoms with Crippen molar-refractivity contribution in [2.75, 3.05) is 35.5 Å². The molecule has 0 unspecified atom stereocenters. The van der Waals surface area contributed by atoms with E-state index in [0.29, 0.717) is 11.5 Å². The third-order valence-electron chi connectivity index (χ3n) is 5.26. The zero-order valence-electron chi connectivity index (χ0n) is 21.6. The summed E-state index contributed by atoms with van der Waals surface area (Å²) in [6.45, 7) is 12.2. The van der Waals surface area contributed by atoms with E-state index in [-0.39, 0.29) is 22.3 Å². The molecule has 2 aromatic carbocycles. The van der Waals surface area contributed by atoms with Crippen molar-refractivity contribution < 1.29 is 16.8 Å². The molecule has 190 valence electrons. The van der Waals surface area contributed by atoms with Gasteiger partial charge in [-0.05, 0) is 59.1 Å². The van der Waals surface area contributed by atoms with Gasteiger partial charge < -0.3 is 0 Å². The Bertz CT molecular complexity index is 1130. The van der Waals surface area contributed by atoms with Crippen LogP contribution >= 0.6 is 23.5 Å². The molecular weight excluding hydrogens is 505 g/mol. The Hall–Kier alpha value is -0.960. The Balaban J connectivity index is 2.43. The van der Waals surface area contributed by atoms with Crippen LogP contribution in [-0.4, -0.2) is 52.4 Å². The van der Waals surface area contributed by atoms with E-state index in [1.54, 1.807) is 23.5 Å². The molecule has 0 heterocycles. The number of aryl methyl sites for hydroxylation is 2. The van der Waals surface area contributed by atoms with E-state index in [2.05, 4.69) is 38.1 Å². The van der Waals surface area contributed by atoms with E-state index >= 15 is 0 Å². The minimum Gasteiger partial charge on any atom is -0.229 e. The molecule has 0 N–H and O–H groups in total. The summed E-state index contributed by atoms with van der Waals surface area (Å²) in [4.78, 5) is 2.27. The molecule has 0 spiro atoms. The second-order valence-electron chi connectivity index (χ2n) is 10.9. The van der Waals surface area contributed by atoms with E-state index in [9.17, 15) is 16.8 Å². The first-order chi connectivity index (χ1) is 15.4. The fourth-order valence-corrected chi connectivity index (χ4v) is 9.97. The fraction of sp³-hybridized carbons (Fsp3) is 0.538. The van der Waals surface area contributed by atoms with Crippen LogP contribution in [0.1, 0.15) is 38.8 Å². The SMILES string of the molecule is Cc1cccc(SCC(C)(C)CS(C)(=O)=O)c1-c1c(C)cccc1SCC(C)(C)CS(C)(=O)=O. The molecular formula is C26H38O4S4. The Morgan fingerprint density at radius 1 is 0.647 bits per heavy atom. The van der Waals surface area contributed by atoms with Crippen LogP contribution in [0.2, 0.25) is 0 Å². The van der Waals surface area contributed by atoms with Gasteiger partial charge >= 0.3 is 0 Å². The van der Waals surface area contributed by atoms with Crippen molar-refractivity contribution in [2.24, 2.45) is 10.8 Å². The summed E-state index contributed by atoms with van der Waals surface area (Å²) in [5.74, 6) is 1.67. The van der Waals surface area contributed by atoms with Crippen LogP contribution in [0.4, 0.5) is 0 Å². The smallest absolute Gasteiger partial charge is 0.148 e. The molecule has 2 rings (SSSR count). The molecule has 4 nitrogen and oxygen atoms in total. The van der Waals surface area contributed by atoms with E-state index in [0.717, 1.165) is 20.9 Å². The van der Waals surface area contributed by atoms with Gasteiger partial charge in [-0.15, -0.1) is 23.5 Å². The number of hydrogen-bond donors (Lipinski definition) is 0. The summed E-state index contributed by atoms with van der Waals surface area (Å²) in [6, 6.07) is 12.5. The third-order valence-corrected chi connectivity index (χ3v) is 11.0. The summed E-state index contributed by atoms with van der Waals surface area (Å²) in [7, 11) is -6.13. The normalized spacial score (nSPS) is 13.3. The lowest BCUT2D eigenvalue weighted by atomic mass is 9.96. The van der Waals surface area contributed by atoms with Gasteiger partial charge in [-0.2, -0.15) is 0 Å². The van der Waals surface area contributed by atoms with Gasteiger partial charge in [0.2, 0.25) is 0 Å². The summed E-state index contributed by atoms with van der Waals surface area (Å²) in [6.07, 6.45) is 2.58. The number of sulfone groups is 2. The van der Waals surface area contributed by atoms with Crippen molar-refractivity contribution in [1.82, 2.24) is 0 Å². The maximum absolute atomic E-state index is 11.9. The first-order valence-electron chi connectivity index (χ1n) is 11.2. The van der Waals surface area contributed by atoms with Crippen LogP contribution in [0.3, 0.4) is 0 Å². The maximum atomic E-state index is 11.9. The Morgan fingerprint density at radius 3 is 1.26 bits per heavy atom. The summed E-state index contributed by atoms with van der Waals surface area (Å²) >= 11 is 3.40. The van der Waals surface area contributed by atoms with Crippen LogP contribution in [0.25, 0.3) is 11.1 Å². The average molecular weight is 543 g/mol. The molecule has 2 aromatic rings. The second kappa shape index (κ2) is 11.0. The van der Waals surface area contributed by atoms with Gasteiger partial charge in [0, 0.05) is 33.8 Å². The minimum absolute atomic E-state index is 0.148. The van der Waals surface area contributed by atoms with Crippen LogP contribution in [0.5, 0.6) is 0 Å². The number of thioether (sulfide) groups is 2. The van der Waals surface area contributed by atoms with Crippen LogP contribution in [-0.2, 0) is 19.7 Å². The van der Waals surface area contributed by atoms with Crippen molar-refractivity contribution in [3.8, 4) is 11.1 Å². The Kier molecular flexibility index (Phi) is 9.45. The molecule has 0 atom stereocenters. The highest BCUT2D eigenvalue weighted by molar-refractivity contribution is 8.00. The minimum atomic E-state index is -3.06. The van der Waals surface area contributed by atoms with Gasteiger partial charge in [0.05, 0.1) is 11.5 Å². The highest BCUT2D eigenvalue weighted by atomic mass is 32.2. The monoisotopic (exact) mass is 542 g/mol. The topological polar surface area (TPSA) is 68.3 Å². The van der Waals surface area contributed by atoms with Gasteiger partial charge in [-0.1, -0.05) is 52.0 Å². The lowest BCUT2D eigenvalue weighted by Gasteiger charge is -2.26. The number of hydrogen-bond acceptors (Lipinski definition) is 6. The van der Waals surface area contributed by atoms with E-state index in [1.165, 1.54) is 23.6 Å². The van der Waals surface area contributed by atoms with Gasteiger partial charge in [0.15, 0.2) is 0 Å². The van der Waals surface area contributed by atoms with Crippen LogP contribution in [0.15, 0.2) is 46.2 Å². The molecule has 0 fully saturated rings. The van der Waals surface area contributed by atoms with Gasteiger partial charge in [-0.25, -0.2) is 16.8 Å². The molecule has 0 radical (unpaired) electrons. The number of rotatable bonds is 11. The lowest BCUT2D eigenvalue weighted by Crippen LogP contribution is -2.25. The molecule has 0 saturated carbocycles. The predicted molar refractivity (Wildman–Crippen MR) is 150 cm³/mol. The lowest BCUT2D eigenvalue weighted by molar-refractivity contribution is 0.472. The molecule has 0 aromatic heterocycles. The highest BCUT2D eigenvalue weighted by Gasteiger charge is 2.27. The van der Waals surface area contributed by atoms with E-state index in [1.807, 2.05) is 39.8 Å². The van der Waals surface area contributed by atoms with Crippen LogP contribution in [0, 0.1) is 24.7 Å². The fourth-order valence-electron chi connectivity index (χ4n) is 4.21. The van der Waals surface area contributed by atoms with Crippen molar-refractivity contribution in [3.63, 3.8) is 0 Å². The summed E-state index contributed by atoms with van der Waals surface area (Å²) in [5, 5.41) is 0. The third kappa shape index (κ3) is 9.25. The van der Waals surface area contributed by atoms with Crippen molar-refractivity contribution in [2.45, 2.75) is 51.3 Å². The molecule has 8 heteroatoms. The molecule has 0 aliphatic heterocycles. The van der Waals surface area contributed by atoms with Crippen molar-refractivity contribution in [1.29, 1.82) is 0 Å². The first kappa shape index (κ1) is 29.3. The zero-order chi connectivity index (χ0) is 25.9. The summed E-state index contributed by atoms with van der Waals surface area (Å²) in [5.41, 5.74) is 3.97. The molecule has 0 saturated heterocycles. The van der Waals surface area contributed by atoms with Crippen LogP contribution < -0.4 is 0 Å². The standard InChI is InChI=1S/C26H38O4S4/c1-19-11-9-13-21(31-15-25(3,4)17-33(7,27)28)23(19)24-20(2)12-10-14-22(24)32-16-26(5,6)18-34(8,29)30/h9-14H,15-18H2,1-8H3. The zero-order valence-corrected chi connectivity index (χ0v) is 24.8. The van der Waals surface area contributed by atoms with E-state index < -0.39 is 19.7 Å². The van der Waals surface area contributed by atoms with E-state index in [4.69, 9.17) is 0 Å². The Morgan fingerprint density at radius 2 is 0.971 bits per heavy atom. The molecule has 0 bridgehead atoms. The van der Waals surface area contributed by atoms with Gasteiger partial charge in [-0.3, -0.25) is 0 Å². The first-order valence-corrected chi connectivity index (χ1v) is 17.3. The van der Waals surface area contributed by atoms with Gasteiger partial charge in [0.1, 0.15) is 19.7 Å². The van der Waals surface area contributed by atoms with Crippen molar-refractivity contribution >= 4 is 43.2 Å². The molecule has 0 aliphatic rings. The van der Waals surface area contributed by atoms with Crippen molar-refractivity contribution in [3.05, 3.63) is 47.5 Å². The molecule has 0 aliphatic carbocycles. The number of benzene rings is 2. The quantitative estimate of drug-likeness (QED) is 0.311.